The average molecular weight is 642 g/mol. The predicted molar refractivity (Wildman–Crippen MR) is 212 cm³/mol. The van der Waals surface area contributed by atoms with Crippen LogP contribution in [0.15, 0.2) is 206 Å². The van der Waals surface area contributed by atoms with E-state index in [0.29, 0.717) is 0 Å². The molecular weight excluding hydrogens is 603 g/mol. The van der Waals surface area contributed by atoms with Crippen molar-refractivity contribution >= 4 is 22.6 Å². The Morgan fingerprint density at radius 2 is 0.880 bits per heavy atom. The highest BCUT2D eigenvalue weighted by Gasteiger charge is 2.45. The smallest absolute Gasteiger partial charge is 0.0674 e. The standard InChI is InChI=1S/C49H39N/c1-3-18-46-36(2)49(41-25-12-6-13-26-41,42-27-14-7-15-28-42)48-35-45(31-32-47(46)48)50(43-29-16-23-39(33-43)37-19-8-4-9-20-37)44-30-17-24-40(34-44)38-21-10-5-11-22-38/h3-35H,1-2H3. The number of allylic oxidation sites excluding steroid dienone is 4. The van der Waals surface area contributed by atoms with E-state index >= 15 is 0 Å². The van der Waals surface area contributed by atoms with Gasteiger partial charge in [0, 0.05) is 17.1 Å². The van der Waals surface area contributed by atoms with Gasteiger partial charge in [0.25, 0.3) is 0 Å². The van der Waals surface area contributed by atoms with Gasteiger partial charge in [-0.1, -0.05) is 164 Å². The van der Waals surface area contributed by atoms with Gasteiger partial charge in [0.15, 0.2) is 0 Å². The van der Waals surface area contributed by atoms with E-state index in [1.807, 2.05) is 0 Å². The monoisotopic (exact) mass is 641 g/mol. The first-order chi connectivity index (χ1) is 24.7. The second-order valence-corrected chi connectivity index (χ2v) is 12.9. The average Bonchev–Trinajstić information content (AvgIpc) is 3.43. The van der Waals surface area contributed by atoms with Gasteiger partial charge in [-0.25, -0.2) is 0 Å². The van der Waals surface area contributed by atoms with Crippen molar-refractivity contribution in [1.29, 1.82) is 0 Å². The molecule has 0 fully saturated rings. The molecule has 50 heavy (non-hydrogen) atoms. The Kier molecular flexibility index (Phi) is 8.32. The fourth-order valence-electron chi connectivity index (χ4n) is 7.85. The fourth-order valence-corrected chi connectivity index (χ4v) is 7.85. The Hall–Kier alpha value is -6.18. The summed E-state index contributed by atoms with van der Waals surface area (Å²) < 4.78 is 0. The summed E-state index contributed by atoms with van der Waals surface area (Å²) in [7, 11) is 0. The Morgan fingerprint density at radius 1 is 0.440 bits per heavy atom. The number of anilines is 3. The van der Waals surface area contributed by atoms with Gasteiger partial charge >= 0.3 is 0 Å². The minimum atomic E-state index is -0.452. The van der Waals surface area contributed by atoms with E-state index in [2.05, 4.69) is 219 Å². The molecule has 1 aliphatic carbocycles. The van der Waals surface area contributed by atoms with E-state index in [-0.39, 0.29) is 0 Å². The Bertz CT molecular complexity index is 2190. The second kappa shape index (κ2) is 13.4. The summed E-state index contributed by atoms with van der Waals surface area (Å²) >= 11 is 0. The molecule has 0 aliphatic heterocycles. The number of nitrogens with zero attached hydrogens (tertiary/aromatic N) is 1. The minimum absolute atomic E-state index is 0.452. The maximum absolute atomic E-state index is 2.44. The number of hydrogen-bond acceptors (Lipinski definition) is 1. The molecule has 0 N–H and O–H groups in total. The summed E-state index contributed by atoms with van der Waals surface area (Å²) in [6, 6.07) is 68.2. The molecule has 1 heteroatoms. The van der Waals surface area contributed by atoms with Crippen LogP contribution in [0.3, 0.4) is 0 Å². The molecule has 8 rings (SSSR count). The third-order valence-electron chi connectivity index (χ3n) is 10.1. The lowest BCUT2D eigenvalue weighted by molar-refractivity contribution is 0.743. The molecule has 240 valence electrons. The van der Waals surface area contributed by atoms with Crippen molar-refractivity contribution in [1.82, 2.24) is 0 Å². The number of benzene rings is 7. The fraction of sp³-hybridized carbons (Fsp3) is 0.0612. The molecule has 0 spiro atoms. The van der Waals surface area contributed by atoms with Gasteiger partial charge in [-0.15, -0.1) is 0 Å². The van der Waals surface area contributed by atoms with Crippen molar-refractivity contribution in [3.8, 4) is 22.3 Å². The van der Waals surface area contributed by atoms with E-state index in [0.717, 1.165) is 17.1 Å². The van der Waals surface area contributed by atoms with Crippen LogP contribution in [0.4, 0.5) is 17.1 Å². The van der Waals surface area contributed by atoms with Crippen LogP contribution >= 0.6 is 0 Å². The first-order valence-corrected chi connectivity index (χ1v) is 17.4. The van der Waals surface area contributed by atoms with E-state index in [1.165, 1.54) is 55.7 Å². The van der Waals surface area contributed by atoms with Crippen molar-refractivity contribution in [2.75, 3.05) is 4.90 Å². The van der Waals surface area contributed by atoms with Gasteiger partial charge in [0.1, 0.15) is 0 Å². The van der Waals surface area contributed by atoms with Crippen LogP contribution in [0, 0.1) is 0 Å². The summed E-state index contributed by atoms with van der Waals surface area (Å²) in [5, 5.41) is 0. The molecule has 0 heterocycles. The van der Waals surface area contributed by atoms with Crippen molar-refractivity contribution in [2.24, 2.45) is 0 Å². The highest BCUT2D eigenvalue weighted by Crippen LogP contribution is 2.56. The third-order valence-corrected chi connectivity index (χ3v) is 10.1. The van der Waals surface area contributed by atoms with Crippen LogP contribution < -0.4 is 4.90 Å². The van der Waals surface area contributed by atoms with E-state index in [4.69, 9.17) is 0 Å². The normalized spacial score (nSPS) is 13.4. The zero-order valence-corrected chi connectivity index (χ0v) is 28.5. The molecule has 1 aliphatic rings. The van der Waals surface area contributed by atoms with Crippen molar-refractivity contribution in [2.45, 2.75) is 19.3 Å². The highest BCUT2D eigenvalue weighted by atomic mass is 15.1. The third kappa shape index (κ3) is 5.38. The Balaban J connectivity index is 1.39. The molecule has 0 bridgehead atoms. The highest BCUT2D eigenvalue weighted by molar-refractivity contribution is 5.92. The molecule has 0 unspecified atom stereocenters. The molecule has 1 nitrogen and oxygen atoms in total. The molecular formula is C49H39N. The lowest BCUT2D eigenvalue weighted by Gasteiger charge is -2.35. The van der Waals surface area contributed by atoms with E-state index < -0.39 is 5.41 Å². The van der Waals surface area contributed by atoms with Crippen LogP contribution in [0.1, 0.15) is 36.1 Å². The quantitative estimate of drug-likeness (QED) is 0.160. The zero-order valence-electron chi connectivity index (χ0n) is 28.5. The van der Waals surface area contributed by atoms with Gasteiger partial charge < -0.3 is 4.90 Å². The molecule has 7 aromatic carbocycles. The van der Waals surface area contributed by atoms with Crippen molar-refractivity contribution < 1.29 is 0 Å². The van der Waals surface area contributed by atoms with Crippen molar-refractivity contribution in [3.63, 3.8) is 0 Å². The lowest BCUT2D eigenvalue weighted by Crippen LogP contribution is -2.29. The summed E-state index contributed by atoms with van der Waals surface area (Å²) in [5.74, 6) is 0. The van der Waals surface area contributed by atoms with Gasteiger partial charge in [0.05, 0.1) is 5.41 Å². The molecule has 0 atom stereocenters. The summed E-state index contributed by atoms with van der Waals surface area (Å²) in [5.41, 5.74) is 15.4. The summed E-state index contributed by atoms with van der Waals surface area (Å²) in [4.78, 5) is 2.42. The van der Waals surface area contributed by atoms with Crippen LogP contribution in [0.25, 0.3) is 27.8 Å². The first kappa shape index (κ1) is 31.1. The zero-order chi connectivity index (χ0) is 33.9. The first-order valence-electron chi connectivity index (χ1n) is 17.4. The van der Waals surface area contributed by atoms with Crippen LogP contribution in [0.2, 0.25) is 0 Å². The second-order valence-electron chi connectivity index (χ2n) is 12.9. The molecule has 0 aromatic heterocycles. The predicted octanol–water partition coefficient (Wildman–Crippen LogP) is 13.2. The number of fused-ring (bicyclic) bond motifs is 1. The maximum Gasteiger partial charge on any atom is 0.0674 e. The minimum Gasteiger partial charge on any atom is -0.310 e. The maximum atomic E-state index is 2.44. The molecule has 7 aromatic rings. The van der Waals surface area contributed by atoms with Crippen LogP contribution in [0.5, 0.6) is 0 Å². The Labute approximate surface area is 296 Å². The topological polar surface area (TPSA) is 3.24 Å². The number of rotatable bonds is 8. The van der Waals surface area contributed by atoms with Crippen LogP contribution in [-0.2, 0) is 5.41 Å². The molecule has 0 saturated carbocycles. The van der Waals surface area contributed by atoms with Gasteiger partial charge in [0.2, 0.25) is 0 Å². The molecule has 0 radical (unpaired) electrons. The van der Waals surface area contributed by atoms with E-state index in [9.17, 15) is 0 Å². The summed E-state index contributed by atoms with van der Waals surface area (Å²) in [6.07, 6.45) is 4.45. The summed E-state index contributed by atoms with van der Waals surface area (Å²) in [6.45, 7) is 4.43. The van der Waals surface area contributed by atoms with Gasteiger partial charge in [-0.3, -0.25) is 0 Å². The molecule has 0 amide bonds. The van der Waals surface area contributed by atoms with Gasteiger partial charge in [-0.2, -0.15) is 0 Å². The van der Waals surface area contributed by atoms with Crippen molar-refractivity contribution in [3.05, 3.63) is 228 Å². The molecule has 0 saturated heterocycles. The largest absolute Gasteiger partial charge is 0.310 e. The SMILES string of the molecule is CC=CC1=C(C)C(c2ccccc2)(c2ccccc2)c2cc(N(c3cccc(-c4ccccc4)c3)c3cccc(-c4ccccc4)c3)ccc21. The van der Waals surface area contributed by atoms with Crippen LogP contribution in [-0.4, -0.2) is 0 Å². The van der Waals surface area contributed by atoms with Gasteiger partial charge in [-0.05, 0) is 106 Å². The van der Waals surface area contributed by atoms with E-state index in [1.54, 1.807) is 0 Å². The number of hydrogen-bond donors (Lipinski definition) is 0. The Morgan fingerprint density at radius 3 is 1.36 bits per heavy atom. The lowest BCUT2D eigenvalue weighted by atomic mass is 9.67.